The molecule has 1 N–H and O–H groups in total. The quantitative estimate of drug-likeness (QED) is 0.214. The van der Waals surface area contributed by atoms with Crippen molar-refractivity contribution in [3.05, 3.63) is 81.4 Å². The minimum Gasteiger partial charge on any atom is -0.475 e. The van der Waals surface area contributed by atoms with Gasteiger partial charge in [-0.05, 0) is 111 Å². The Kier molecular flexibility index (Phi) is 13.9. The monoisotopic (exact) mass is 765 g/mol. The van der Waals surface area contributed by atoms with Crippen LogP contribution in [-0.2, 0) is 26.0 Å². The van der Waals surface area contributed by atoms with Crippen molar-refractivity contribution >= 4 is 62.1 Å². The normalized spacial score (nSPS) is 16.9. The van der Waals surface area contributed by atoms with Gasteiger partial charge in [-0.1, -0.05) is 41.4 Å². The summed E-state index contributed by atoms with van der Waals surface area (Å²) in [5.41, 5.74) is 1.89. The van der Waals surface area contributed by atoms with Crippen LogP contribution in [0.1, 0.15) is 37.7 Å². The maximum atomic E-state index is 13.8. The minimum atomic E-state index is -5.08. The SMILES string of the molecule is O=C(C1CCN(S(=O)(=O)c2cccs2)CC1)N(CCCN1CCC(Cc2ccc(F)cc2)CC1)c1ccc(Cl)c(Cl)c1.O=C(O)C(F)(F)F. The molecule has 0 saturated carbocycles. The Bertz CT molecular complexity index is 1650. The molecule has 0 spiro atoms. The summed E-state index contributed by atoms with van der Waals surface area (Å²) in [6.07, 6.45) is -0.160. The number of alkyl halides is 3. The van der Waals surface area contributed by atoms with Crippen molar-refractivity contribution in [3.8, 4) is 0 Å². The molecule has 0 atom stereocenters. The third-order valence-corrected chi connectivity index (χ3v) is 12.6. The number of benzene rings is 2. The molecule has 0 unspecified atom stereocenters. The molecular formula is C33H37Cl2F4N3O5S2. The van der Waals surface area contributed by atoms with Crippen LogP contribution in [0, 0.1) is 17.7 Å². The highest BCUT2D eigenvalue weighted by atomic mass is 35.5. The third-order valence-electron chi connectivity index (χ3n) is 8.62. The van der Waals surface area contributed by atoms with Crippen LogP contribution in [0.2, 0.25) is 10.0 Å². The predicted octanol–water partition coefficient (Wildman–Crippen LogP) is 7.61. The first kappa shape index (κ1) is 39.0. The van der Waals surface area contributed by atoms with Gasteiger partial charge >= 0.3 is 12.1 Å². The lowest BCUT2D eigenvalue weighted by molar-refractivity contribution is -0.192. The van der Waals surface area contributed by atoms with Crippen molar-refractivity contribution in [2.24, 2.45) is 11.8 Å². The number of carbonyl (C=O) groups excluding carboxylic acids is 1. The Morgan fingerprint density at radius 2 is 1.57 bits per heavy atom. The summed E-state index contributed by atoms with van der Waals surface area (Å²) < 4.78 is 72.7. The molecule has 3 aromatic rings. The number of thiophene rings is 1. The molecule has 8 nitrogen and oxygen atoms in total. The maximum absolute atomic E-state index is 13.8. The topological polar surface area (TPSA) is 98.2 Å². The second-order valence-corrected chi connectivity index (χ2v) is 15.9. The number of likely N-dealkylation sites (tertiary alicyclic amines) is 1. The molecule has 49 heavy (non-hydrogen) atoms. The van der Waals surface area contributed by atoms with E-state index in [1.54, 1.807) is 34.5 Å². The number of halogens is 6. The summed E-state index contributed by atoms with van der Waals surface area (Å²) >= 11 is 13.7. The molecule has 2 aliphatic heterocycles. The fourth-order valence-electron chi connectivity index (χ4n) is 5.94. The van der Waals surface area contributed by atoms with Gasteiger partial charge in [-0.2, -0.15) is 17.5 Å². The van der Waals surface area contributed by atoms with Gasteiger partial charge < -0.3 is 14.9 Å². The highest BCUT2D eigenvalue weighted by Crippen LogP contribution is 2.32. The Hall–Kier alpha value is -2.75. The number of sulfonamides is 1. The van der Waals surface area contributed by atoms with Crippen LogP contribution in [0.4, 0.5) is 23.2 Å². The predicted molar refractivity (Wildman–Crippen MR) is 182 cm³/mol. The molecule has 0 bridgehead atoms. The van der Waals surface area contributed by atoms with Crippen LogP contribution in [0.15, 0.2) is 64.2 Å². The van der Waals surface area contributed by atoms with Gasteiger partial charge in [0.2, 0.25) is 5.91 Å². The van der Waals surface area contributed by atoms with Gasteiger partial charge in [0.25, 0.3) is 10.0 Å². The van der Waals surface area contributed by atoms with E-state index in [-0.39, 0.29) is 17.6 Å². The second kappa shape index (κ2) is 17.5. The van der Waals surface area contributed by atoms with E-state index in [4.69, 9.17) is 33.1 Å². The molecule has 268 valence electrons. The fraction of sp³-hybridized carbons (Fsp3) is 0.455. The number of rotatable bonds is 10. The summed E-state index contributed by atoms with van der Waals surface area (Å²) in [6.45, 7) is 4.07. The van der Waals surface area contributed by atoms with Crippen LogP contribution in [0.5, 0.6) is 0 Å². The largest absolute Gasteiger partial charge is 0.490 e. The first-order chi connectivity index (χ1) is 23.1. The van der Waals surface area contributed by atoms with Crippen molar-refractivity contribution in [2.45, 2.75) is 48.9 Å². The minimum absolute atomic E-state index is 0.000401. The van der Waals surface area contributed by atoms with E-state index < -0.39 is 22.2 Å². The molecule has 2 aromatic carbocycles. The van der Waals surface area contributed by atoms with Crippen LogP contribution in [0.3, 0.4) is 0 Å². The van der Waals surface area contributed by atoms with Gasteiger partial charge in [0.15, 0.2) is 0 Å². The van der Waals surface area contributed by atoms with Crippen molar-refractivity contribution in [1.29, 1.82) is 0 Å². The molecule has 16 heteroatoms. The number of aliphatic carboxylic acids is 1. The zero-order valence-electron chi connectivity index (χ0n) is 26.4. The summed E-state index contributed by atoms with van der Waals surface area (Å²) in [5, 5.41) is 9.71. The van der Waals surface area contributed by atoms with Crippen molar-refractivity contribution in [3.63, 3.8) is 0 Å². The number of piperidine rings is 2. The summed E-state index contributed by atoms with van der Waals surface area (Å²) in [5.74, 6) is -2.63. The molecule has 2 saturated heterocycles. The molecule has 0 radical (unpaired) electrons. The van der Waals surface area contributed by atoms with E-state index in [9.17, 15) is 30.8 Å². The number of amides is 1. The molecule has 1 amide bonds. The van der Waals surface area contributed by atoms with Crippen LogP contribution >= 0.6 is 34.5 Å². The first-order valence-corrected chi connectivity index (χ1v) is 18.8. The Morgan fingerprint density at radius 3 is 2.12 bits per heavy atom. The van der Waals surface area contributed by atoms with Gasteiger partial charge in [-0.3, -0.25) is 4.79 Å². The first-order valence-electron chi connectivity index (χ1n) is 15.7. The lowest BCUT2D eigenvalue weighted by atomic mass is 9.90. The van der Waals surface area contributed by atoms with Gasteiger partial charge in [0.05, 0.1) is 10.0 Å². The third kappa shape index (κ3) is 11.1. The molecular weight excluding hydrogens is 729 g/mol. The molecule has 1 aromatic heterocycles. The summed E-state index contributed by atoms with van der Waals surface area (Å²) in [4.78, 5) is 27.0. The number of carboxylic acids is 1. The van der Waals surface area contributed by atoms with Crippen LogP contribution < -0.4 is 4.90 Å². The van der Waals surface area contributed by atoms with E-state index in [0.29, 0.717) is 58.3 Å². The van der Waals surface area contributed by atoms with E-state index >= 15 is 0 Å². The highest BCUT2D eigenvalue weighted by Gasteiger charge is 2.38. The summed E-state index contributed by atoms with van der Waals surface area (Å²) in [7, 11) is -3.53. The molecule has 2 aliphatic rings. The number of carbonyl (C=O) groups is 2. The standard InChI is InChI=1S/C31H36Cl2FN3O3S2.C2HF3O2/c32-28-9-8-27(22-29(28)33)37(31(38)25-12-18-36(19-13-25)42(39,40)30-3-1-20-41-30)15-2-14-35-16-10-24(11-17-35)21-23-4-6-26(34)7-5-23;3-2(4,5)1(6)7/h1,3-9,20,22,24-25H,2,10-19,21H2;(H,6,7). The summed E-state index contributed by atoms with van der Waals surface area (Å²) in [6, 6.07) is 15.4. The van der Waals surface area contributed by atoms with E-state index in [0.717, 1.165) is 45.3 Å². The fourth-order valence-corrected chi connectivity index (χ4v) is 8.85. The molecule has 0 aliphatic carbocycles. The molecule has 3 heterocycles. The van der Waals surface area contributed by atoms with Crippen molar-refractivity contribution < 1.29 is 40.7 Å². The van der Waals surface area contributed by atoms with Gasteiger partial charge in [0.1, 0.15) is 10.0 Å². The number of hydrogen-bond acceptors (Lipinski definition) is 6. The Morgan fingerprint density at radius 1 is 0.939 bits per heavy atom. The molecule has 2 fully saturated rings. The Balaban J connectivity index is 0.000000698. The van der Waals surface area contributed by atoms with Crippen LogP contribution in [-0.4, -0.2) is 80.1 Å². The zero-order valence-corrected chi connectivity index (χ0v) is 29.6. The van der Waals surface area contributed by atoms with E-state index in [2.05, 4.69) is 4.90 Å². The number of carboxylic acid groups (broad SMARTS) is 1. The zero-order chi connectivity index (χ0) is 35.8. The lowest BCUT2D eigenvalue weighted by Crippen LogP contribution is -2.45. The number of anilines is 1. The number of hydrogen-bond donors (Lipinski definition) is 1. The van der Waals surface area contributed by atoms with E-state index in [1.165, 1.54) is 33.3 Å². The van der Waals surface area contributed by atoms with Gasteiger partial charge in [-0.25, -0.2) is 17.6 Å². The Labute approximate surface area is 297 Å². The van der Waals surface area contributed by atoms with Gasteiger partial charge in [0, 0.05) is 31.2 Å². The van der Waals surface area contributed by atoms with Crippen molar-refractivity contribution in [1.82, 2.24) is 9.21 Å². The van der Waals surface area contributed by atoms with Crippen molar-refractivity contribution in [2.75, 3.05) is 44.2 Å². The average Bonchev–Trinajstić information content (AvgIpc) is 3.63. The smallest absolute Gasteiger partial charge is 0.475 e. The average molecular weight is 767 g/mol. The van der Waals surface area contributed by atoms with E-state index in [1.807, 2.05) is 18.2 Å². The molecule has 5 rings (SSSR count). The number of nitrogens with zero attached hydrogens (tertiary/aromatic N) is 3. The highest BCUT2D eigenvalue weighted by molar-refractivity contribution is 7.91. The maximum Gasteiger partial charge on any atom is 0.490 e. The lowest BCUT2D eigenvalue weighted by Gasteiger charge is -2.35. The van der Waals surface area contributed by atoms with Gasteiger partial charge in [-0.15, -0.1) is 11.3 Å². The van der Waals surface area contributed by atoms with Crippen LogP contribution in [0.25, 0.3) is 0 Å². The second-order valence-electron chi connectivity index (χ2n) is 12.0.